The van der Waals surface area contributed by atoms with Crippen LogP contribution in [0.4, 0.5) is 10.1 Å². The van der Waals surface area contributed by atoms with Crippen molar-refractivity contribution in [1.29, 1.82) is 0 Å². The predicted molar refractivity (Wildman–Crippen MR) is 68.7 cm³/mol. The zero-order valence-electron chi connectivity index (χ0n) is 9.93. The van der Waals surface area contributed by atoms with Crippen LogP contribution < -0.4 is 16.0 Å². The van der Waals surface area contributed by atoms with E-state index < -0.39 is 6.10 Å². The molecule has 0 aromatic carbocycles. The molecule has 1 heterocycles. The van der Waals surface area contributed by atoms with Crippen molar-refractivity contribution < 1.29 is 9.13 Å². The number of nitrogens with one attached hydrogen (secondary N) is 1. The molecule has 0 saturated heterocycles. The monoisotopic (exact) mass is 247 g/mol. The molecule has 18 heavy (non-hydrogen) atoms. The highest BCUT2D eigenvalue weighted by molar-refractivity contribution is 5.49. The Morgan fingerprint density at radius 3 is 3.00 bits per heavy atom. The molecular weight excluding hydrogens is 233 g/mol. The van der Waals surface area contributed by atoms with E-state index in [4.69, 9.17) is 10.6 Å². The molecule has 0 spiro atoms. The Balaban J connectivity index is 2.14. The lowest BCUT2D eigenvalue weighted by molar-refractivity contribution is 0.282. The maximum atomic E-state index is 13.2. The summed E-state index contributed by atoms with van der Waals surface area (Å²) in [4.78, 5) is 4.09. The molecule has 0 radical (unpaired) electrons. The van der Waals surface area contributed by atoms with E-state index in [1.54, 1.807) is 30.5 Å². The Hall–Kier alpha value is -2.14. The normalized spacial score (nSPS) is 18.2. The van der Waals surface area contributed by atoms with Gasteiger partial charge in [0.2, 0.25) is 5.88 Å². The summed E-state index contributed by atoms with van der Waals surface area (Å²) in [7, 11) is 0. The van der Waals surface area contributed by atoms with Crippen LogP contribution in [0.1, 0.15) is 5.56 Å². The quantitative estimate of drug-likeness (QED) is 0.636. The number of aryl methyl sites for hydroxylation is 1. The molecule has 1 aliphatic carbocycles. The number of hydrogen-bond donors (Lipinski definition) is 2. The predicted octanol–water partition coefficient (Wildman–Crippen LogP) is 2.40. The van der Waals surface area contributed by atoms with Gasteiger partial charge in [-0.1, -0.05) is 12.2 Å². The van der Waals surface area contributed by atoms with Crippen molar-refractivity contribution in [2.75, 3.05) is 5.43 Å². The molecule has 1 aliphatic rings. The first-order chi connectivity index (χ1) is 8.69. The van der Waals surface area contributed by atoms with E-state index in [1.807, 2.05) is 6.92 Å². The molecular formula is C13H14FN3O. The largest absolute Gasteiger partial charge is 0.466 e. The molecule has 0 bridgehead atoms. The Kier molecular flexibility index (Phi) is 3.74. The van der Waals surface area contributed by atoms with Crippen molar-refractivity contribution in [3.63, 3.8) is 0 Å². The average Bonchev–Trinajstić information content (AvgIpc) is 2.54. The minimum Gasteiger partial charge on any atom is -0.466 e. The Bertz CT molecular complexity index is 523. The summed E-state index contributed by atoms with van der Waals surface area (Å²) in [6, 6.07) is 1.74. The third-order valence-corrected chi connectivity index (χ3v) is 2.49. The van der Waals surface area contributed by atoms with Crippen LogP contribution >= 0.6 is 0 Å². The maximum absolute atomic E-state index is 13.2. The summed E-state index contributed by atoms with van der Waals surface area (Å²) in [5.74, 6) is 5.41. The van der Waals surface area contributed by atoms with Crippen molar-refractivity contribution in [3.8, 4) is 5.88 Å². The molecule has 5 heteroatoms. The number of hydrogen-bond acceptors (Lipinski definition) is 4. The molecule has 94 valence electrons. The maximum Gasteiger partial charge on any atom is 0.214 e. The van der Waals surface area contributed by atoms with E-state index >= 15 is 0 Å². The summed E-state index contributed by atoms with van der Waals surface area (Å²) < 4.78 is 18.8. The molecule has 1 aromatic rings. The van der Waals surface area contributed by atoms with E-state index in [1.165, 1.54) is 12.2 Å². The number of pyridine rings is 1. The van der Waals surface area contributed by atoms with Crippen LogP contribution in [0.3, 0.4) is 0 Å². The van der Waals surface area contributed by atoms with Gasteiger partial charge in [-0.15, -0.1) is 0 Å². The number of nitrogens with zero attached hydrogens (tertiary/aromatic N) is 1. The molecule has 2 rings (SSSR count). The van der Waals surface area contributed by atoms with Crippen LogP contribution in [0.25, 0.3) is 0 Å². The number of rotatable bonds is 3. The van der Waals surface area contributed by atoms with Crippen molar-refractivity contribution in [2.45, 2.75) is 13.0 Å². The van der Waals surface area contributed by atoms with Crippen LogP contribution in [-0.2, 0) is 0 Å². The van der Waals surface area contributed by atoms with Gasteiger partial charge < -0.3 is 10.2 Å². The smallest absolute Gasteiger partial charge is 0.214 e. The minimum atomic E-state index is -0.469. The summed E-state index contributed by atoms with van der Waals surface area (Å²) in [5.41, 5.74) is 4.16. The lowest BCUT2D eigenvalue weighted by Gasteiger charge is -2.12. The van der Waals surface area contributed by atoms with E-state index in [0.29, 0.717) is 5.88 Å². The van der Waals surface area contributed by atoms with Gasteiger partial charge >= 0.3 is 0 Å². The van der Waals surface area contributed by atoms with Gasteiger partial charge in [-0.25, -0.2) is 9.37 Å². The molecule has 4 nitrogen and oxygen atoms in total. The zero-order valence-corrected chi connectivity index (χ0v) is 9.93. The minimum absolute atomic E-state index is 0.332. The number of allylic oxidation sites excluding steroid dienone is 4. The second kappa shape index (κ2) is 5.46. The van der Waals surface area contributed by atoms with Gasteiger partial charge in [-0.05, 0) is 30.7 Å². The fourth-order valence-electron chi connectivity index (χ4n) is 1.55. The molecule has 0 aliphatic heterocycles. The van der Waals surface area contributed by atoms with Crippen molar-refractivity contribution >= 4 is 5.69 Å². The van der Waals surface area contributed by atoms with Crippen LogP contribution in [0, 0.1) is 6.92 Å². The highest BCUT2D eigenvalue weighted by Crippen LogP contribution is 2.19. The Labute approximate surface area is 105 Å². The molecule has 0 saturated carbocycles. The molecule has 1 aromatic heterocycles. The van der Waals surface area contributed by atoms with Crippen LogP contribution in [0.15, 0.2) is 48.5 Å². The zero-order chi connectivity index (χ0) is 13.0. The number of nitrogen functional groups attached to an aromatic ring is 1. The third kappa shape index (κ3) is 2.95. The fourth-order valence-corrected chi connectivity index (χ4v) is 1.55. The molecule has 0 amide bonds. The number of anilines is 1. The second-order valence-electron chi connectivity index (χ2n) is 3.86. The van der Waals surface area contributed by atoms with Crippen molar-refractivity contribution in [1.82, 2.24) is 4.98 Å². The number of halogens is 1. The standard InChI is InChI=1S/C13H14FN3O/c1-9-6-13(16-8-12(9)17-15)18-11-5-3-2-4-10(14)7-11/h2-8,11,17H,15H2,1H3. The summed E-state index contributed by atoms with van der Waals surface area (Å²) in [5, 5.41) is 0. The van der Waals surface area contributed by atoms with Gasteiger partial charge in [0.05, 0.1) is 11.9 Å². The van der Waals surface area contributed by atoms with Gasteiger partial charge in [0, 0.05) is 6.07 Å². The SMILES string of the molecule is Cc1cc(OC2C=CC=CC(F)=C2)ncc1NN. The van der Waals surface area contributed by atoms with E-state index in [0.717, 1.165) is 11.3 Å². The van der Waals surface area contributed by atoms with Gasteiger partial charge in [-0.2, -0.15) is 0 Å². The van der Waals surface area contributed by atoms with Crippen molar-refractivity contribution in [2.24, 2.45) is 5.84 Å². The second-order valence-corrected chi connectivity index (χ2v) is 3.86. The topological polar surface area (TPSA) is 60.2 Å². The number of aromatic nitrogens is 1. The number of nitrogens with two attached hydrogens (primary N) is 1. The van der Waals surface area contributed by atoms with Crippen LogP contribution in [-0.4, -0.2) is 11.1 Å². The summed E-state index contributed by atoms with van der Waals surface area (Å²) in [6.45, 7) is 1.88. The Morgan fingerprint density at radius 2 is 2.28 bits per heavy atom. The van der Waals surface area contributed by atoms with Crippen LogP contribution in [0.2, 0.25) is 0 Å². The number of hydrazine groups is 1. The Morgan fingerprint density at radius 1 is 1.44 bits per heavy atom. The van der Waals surface area contributed by atoms with E-state index in [-0.39, 0.29) is 5.83 Å². The van der Waals surface area contributed by atoms with Crippen molar-refractivity contribution in [3.05, 3.63) is 54.0 Å². The molecule has 3 N–H and O–H groups in total. The summed E-state index contributed by atoms with van der Waals surface area (Å²) >= 11 is 0. The van der Waals surface area contributed by atoms with Gasteiger partial charge in [-0.3, -0.25) is 5.84 Å². The van der Waals surface area contributed by atoms with E-state index in [2.05, 4.69) is 10.4 Å². The fraction of sp³-hybridized carbons (Fsp3) is 0.154. The average molecular weight is 247 g/mol. The lowest BCUT2D eigenvalue weighted by Crippen LogP contribution is -2.13. The molecule has 1 unspecified atom stereocenters. The first kappa shape index (κ1) is 12.3. The summed E-state index contributed by atoms with van der Waals surface area (Å²) in [6.07, 6.45) is 8.96. The van der Waals surface area contributed by atoms with Gasteiger partial charge in [0.15, 0.2) is 0 Å². The van der Waals surface area contributed by atoms with Crippen LogP contribution in [0.5, 0.6) is 5.88 Å². The van der Waals surface area contributed by atoms with Gasteiger partial charge in [0.25, 0.3) is 0 Å². The molecule has 0 fully saturated rings. The lowest BCUT2D eigenvalue weighted by atomic mass is 10.2. The first-order valence-corrected chi connectivity index (χ1v) is 5.51. The first-order valence-electron chi connectivity index (χ1n) is 5.51. The number of ether oxygens (including phenoxy) is 1. The molecule has 1 atom stereocenters. The van der Waals surface area contributed by atoms with Gasteiger partial charge in [0.1, 0.15) is 11.9 Å². The highest BCUT2D eigenvalue weighted by Gasteiger charge is 2.08. The third-order valence-electron chi connectivity index (χ3n) is 2.49. The highest BCUT2D eigenvalue weighted by atomic mass is 19.1. The van der Waals surface area contributed by atoms with E-state index in [9.17, 15) is 4.39 Å².